The van der Waals surface area contributed by atoms with Crippen molar-refractivity contribution >= 4 is 11.8 Å². The van der Waals surface area contributed by atoms with Crippen molar-refractivity contribution in [3.63, 3.8) is 0 Å². The zero-order chi connectivity index (χ0) is 23.0. The maximum Gasteiger partial charge on any atom is 0.255 e. The van der Waals surface area contributed by atoms with Crippen molar-refractivity contribution in [2.75, 3.05) is 0 Å². The van der Waals surface area contributed by atoms with Crippen LogP contribution in [0.1, 0.15) is 53.9 Å². The highest BCUT2D eigenvalue weighted by atomic mass is 16.3. The fourth-order valence-corrected chi connectivity index (χ4v) is 4.29. The maximum atomic E-state index is 13.5. The number of carbonyl (C=O) groups excluding carboxylic acids is 2. The van der Waals surface area contributed by atoms with Gasteiger partial charge in [-0.1, -0.05) is 60.7 Å². The number of nitrogens with one attached hydrogen (secondary N) is 1. The number of hydrogen-bond acceptors (Lipinski definition) is 3. The summed E-state index contributed by atoms with van der Waals surface area (Å²) in [7, 11) is 0. The summed E-state index contributed by atoms with van der Waals surface area (Å²) in [5, 5.41) is 13.2. The first kappa shape index (κ1) is 21.6. The van der Waals surface area contributed by atoms with Crippen molar-refractivity contribution in [3.05, 3.63) is 89.0 Å². The van der Waals surface area contributed by atoms with Gasteiger partial charge in [-0.15, -0.1) is 0 Å². The molecule has 32 heavy (non-hydrogen) atoms. The third-order valence-corrected chi connectivity index (χ3v) is 5.74. The molecular weight excluding hydrogens is 400 g/mol. The fraction of sp³-hybridized carbons (Fsp3) is 0.259. The minimum atomic E-state index is -0.764. The van der Waals surface area contributed by atoms with Gasteiger partial charge in [0.1, 0.15) is 11.8 Å². The lowest BCUT2D eigenvalue weighted by atomic mass is 9.97. The molecule has 0 fully saturated rings. The van der Waals surface area contributed by atoms with Gasteiger partial charge in [-0.2, -0.15) is 0 Å². The van der Waals surface area contributed by atoms with Gasteiger partial charge in [0.05, 0.1) is 5.56 Å². The van der Waals surface area contributed by atoms with E-state index in [2.05, 4.69) is 5.32 Å². The molecule has 0 radical (unpaired) electrons. The van der Waals surface area contributed by atoms with Crippen molar-refractivity contribution in [3.8, 4) is 16.9 Å². The Bertz CT molecular complexity index is 1180. The van der Waals surface area contributed by atoms with Crippen LogP contribution in [0, 0.1) is 6.92 Å². The first-order chi connectivity index (χ1) is 15.2. The second-order valence-corrected chi connectivity index (χ2v) is 9.27. The average molecular weight is 429 g/mol. The highest BCUT2D eigenvalue weighted by molar-refractivity contribution is 6.06. The molecular formula is C27H28N2O3. The second kappa shape index (κ2) is 8.15. The van der Waals surface area contributed by atoms with E-state index in [1.165, 1.54) is 0 Å². The van der Waals surface area contributed by atoms with Crippen LogP contribution < -0.4 is 5.32 Å². The molecule has 5 heteroatoms. The number of nitrogens with zero attached hydrogens (tertiary/aromatic N) is 1. The molecule has 0 unspecified atom stereocenters. The summed E-state index contributed by atoms with van der Waals surface area (Å²) in [6.07, 6.45) is 0. The number of phenols is 1. The van der Waals surface area contributed by atoms with E-state index in [9.17, 15) is 14.7 Å². The molecule has 5 nitrogen and oxygen atoms in total. The monoisotopic (exact) mass is 428 g/mol. The third kappa shape index (κ3) is 3.98. The van der Waals surface area contributed by atoms with E-state index >= 15 is 0 Å². The largest absolute Gasteiger partial charge is 0.508 e. The van der Waals surface area contributed by atoms with Crippen LogP contribution in [-0.4, -0.2) is 27.4 Å². The number of carbonyl (C=O) groups is 2. The number of amides is 2. The van der Waals surface area contributed by atoms with Gasteiger partial charge in [0.2, 0.25) is 5.91 Å². The van der Waals surface area contributed by atoms with Crippen LogP contribution in [0.4, 0.5) is 0 Å². The first-order valence-electron chi connectivity index (χ1n) is 10.8. The molecule has 0 aliphatic carbocycles. The predicted octanol–water partition coefficient (Wildman–Crippen LogP) is 4.98. The lowest BCUT2D eigenvalue weighted by Crippen LogP contribution is -2.46. The Kier molecular flexibility index (Phi) is 5.51. The third-order valence-electron chi connectivity index (χ3n) is 5.74. The molecule has 0 aromatic heterocycles. The topological polar surface area (TPSA) is 69.6 Å². The van der Waals surface area contributed by atoms with Crippen LogP contribution in [0.15, 0.2) is 66.7 Å². The molecule has 0 bridgehead atoms. The minimum Gasteiger partial charge on any atom is -0.508 e. The summed E-state index contributed by atoms with van der Waals surface area (Å²) in [6.45, 7) is 7.74. The van der Waals surface area contributed by atoms with Crippen LogP contribution in [0.2, 0.25) is 0 Å². The smallest absolute Gasteiger partial charge is 0.255 e. The van der Waals surface area contributed by atoms with Gasteiger partial charge in [0, 0.05) is 17.6 Å². The van der Waals surface area contributed by atoms with E-state index in [4.69, 9.17) is 0 Å². The lowest BCUT2D eigenvalue weighted by Gasteiger charge is -2.29. The quantitative estimate of drug-likeness (QED) is 0.616. The molecule has 1 aliphatic heterocycles. The maximum absolute atomic E-state index is 13.5. The molecule has 1 aliphatic rings. The van der Waals surface area contributed by atoms with Crippen LogP contribution >= 0.6 is 0 Å². The summed E-state index contributed by atoms with van der Waals surface area (Å²) in [6, 6.07) is 20.4. The van der Waals surface area contributed by atoms with Crippen LogP contribution in [0.5, 0.6) is 5.75 Å². The van der Waals surface area contributed by atoms with Crippen molar-refractivity contribution in [2.24, 2.45) is 0 Å². The SMILES string of the molecule is Cc1c(O)ccc2c1C(=O)N(Cc1ccccc1-c1ccccc1)[C@@H]2C(=O)NC(C)(C)C. The van der Waals surface area contributed by atoms with Gasteiger partial charge >= 0.3 is 0 Å². The number of hydrogen-bond donors (Lipinski definition) is 2. The number of aromatic hydroxyl groups is 1. The summed E-state index contributed by atoms with van der Waals surface area (Å²) in [4.78, 5) is 28.5. The van der Waals surface area contributed by atoms with E-state index in [-0.39, 0.29) is 24.1 Å². The minimum absolute atomic E-state index is 0.0543. The van der Waals surface area contributed by atoms with Gasteiger partial charge in [-0.25, -0.2) is 0 Å². The summed E-state index contributed by atoms with van der Waals surface area (Å²) in [5.74, 6) is -0.421. The van der Waals surface area contributed by atoms with E-state index < -0.39 is 11.6 Å². The van der Waals surface area contributed by atoms with Crippen molar-refractivity contribution in [1.82, 2.24) is 10.2 Å². The Labute approximate surface area is 188 Å². The predicted molar refractivity (Wildman–Crippen MR) is 125 cm³/mol. The van der Waals surface area contributed by atoms with E-state index in [1.54, 1.807) is 24.0 Å². The molecule has 0 saturated carbocycles. The standard InChI is InChI=1S/C27H28N2O3/c1-17-22(30)15-14-21-23(17)26(32)29(24(21)25(31)28-27(2,3)4)16-19-12-8-9-13-20(19)18-10-6-5-7-11-18/h5-15,24,30H,16H2,1-4H3,(H,28,31)/t24-/m0/s1. The van der Waals surface area contributed by atoms with Gasteiger partial charge in [-0.05, 0) is 56.0 Å². The molecule has 0 saturated heterocycles. The molecule has 1 atom stereocenters. The number of rotatable bonds is 4. The van der Waals surface area contributed by atoms with Crippen molar-refractivity contribution < 1.29 is 14.7 Å². The average Bonchev–Trinajstić information content (AvgIpc) is 3.03. The van der Waals surface area contributed by atoms with Gasteiger partial charge in [0.15, 0.2) is 0 Å². The van der Waals surface area contributed by atoms with Crippen molar-refractivity contribution in [1.29, 1.82) is 0 Å². The zero-order valence-corrected chi connectivity index (χ0v) is 18.8. The Morgan fingerprint density at radius 2 is 1.66 bits per heavy atom. The van der Waals surface area contributed by atoms with E-state index in [1.807, 2.05) is 75.4 Å². The Balaban J connectivity index is 1.79. The second-order valence-electron chi connectivity index (χ2n) is 9.27. The molecule has 4 rings (SSSR count). The van der Waals surface area contributed by atoms with Crippen LogP contribution in [-0.2, 0) is 11.3 Å². The molecule has 3 aromatic rings. The summed E-state index contributed by atoms with van der Waals surface area (Å²) in [5.41, 5.74) is 4.13. The fourth-order valence-electron chi connectivity index (χ4n) is 4.29. The van der Waals surface area contributed by atoms with E-state index in [0.29, 0.717) is 16.7 Å². The summed E-state index contributed by atoms with van der Waals surface area (Å²) < 4.78 is 0. The Hall–Kier alpha value is -3.60. The molecule has 2 N–H and O–H groups in total. The Morgan fingerprint density at radius 1 is 1.00 bits per heavy atom. The molecule has 164 valence electrons. The van der Waals surface area contributed by atoms with Crippen LogP contribution in [0.3, 0.4) is 0 Å². The molecule has 0 spiro atoms. The van der Waals surface area contributed by atoms with Gasteiger partial charge in [-0.3, -0.25) is 9.59 Å². The molecule has 1 heterocycles. The highest BCUT2D eigenvalue weighted by Crippen LogP contribution is 2.40. The zero-order valence-electron chi connectivity index (χ0n) is 18.8. The highest BCUT2D eigenvalue weighted by Gasteiger charge is 2.43. The van der Waals surface area contributed by atoms with E-state index in [0.717, 1.165) is 16.7 Å². The lowest BCUT2D eigenvalue weighted by molar-refractivity contribution is -0.127. The van der Waals surface area contributed by atoms with Crippen molar-refractivity contribution in [2.45, 2.75) is 45.8 Å². The summed E-state index contributed by atoms with van der Waals surface area (Å²) >= 11 is 0. The van der Waals surface area contributed by atoms with Gasteiger partial charge < -0.3 is 15.3 Å². The van der Waals surface area contributed by atoms with Crippen LogP contribution in [0.25, 0.3) is 11.1 Å². The molecule has 3 aromatic carbocycles. The number of fused-ring (bicyclic) bond motifs is 1. The normalized spacial score (nSPS) is 15.6. The first-order valence-corrected chi connectivity index (χ1v) is 10.8. The molecule has 2 amide bonds. The Morgan fingerprint density at radius 3 is 2.34 bits per heavy atom. The number of phenolic OH excluding ortho intramolecular Hbond substituents is 1. The van der Waals surface area contributed by atoms with Gasteiger partial charge in [0.25, 0.3) is 5.91 Å². The number of benzene rings is 3.